The van der Waals surface area contributed by atoms with E-state index in [-0.39, 0.29) is 25.9 Å². The molecule has 0 fully saturated rings. The van der Waals surface area contributed by atoms with E-state index >= 15 is 0 Å². The topological polar surface area (TPSA) is 30.7 Å². The van der Waals surface area contributed by atoms with Gasteiger partial charge in [0.05, 0.1) is 16.9 Å². The van der Waals surface area contributed by atoms with Crippen LogP contribution in [0.2, 0.25) is 17.3 Å². The van der Waals surface area contributed by atoms with Gasteiger partial charge in [0.1, 0.15) is 0 Å². The molecule has 5 aromatic carbocycles. The molecule has 7 heteroatoms. The van der Waals surface area contributed by atoms with Crippen LogP contribution >= 0.6 is 11.3 Å². The van der Waals surface area contributed by atoms with Crippen LogP contribution in [-0.4, -0.2) is 27.8 Å². The Morgan fingerprint density at radius 1 is 0.849 bits per heavy atom. The Kier molecular flexibility index (Phi) is 11.1. The number of fused-ring (bicyclic) bond motifs is 6. The van der Waals surface area contributed by atoms with Crippen molar-refractivity contribution in [3.63, 3.8) is 0 Å². The molecule has 273 valence electrons. The maximum Gasteiger partial charge on any atom is 0 e. The molecule has 53 heavy (non-hydrogen) atoms. The van der Waals surface area contributed by atoms with Crippen molar-refractivity contribution >= 4 is 71.0 Å². The van der Waals surface area contributed by atoms with Crippen LogP contribution in [0.25, 0.3) is 64.6 Å². The van der Waals surface area contributed by atoms with Crippen molar-refractivity contribution in [1.29, 1.82) is 0 Å². The van der Waals surface area contributed by atoms with E-state index in [0.29, 0.717) is 12.0 Å². The molecular formula is C46H46FGeIrN3S-2. The van der Waals surface area contributed by atoms with E-state index in [9.17, 15) is 4.39 Å². The average Bonchev–Trinajstić information content (AvgIpc) is 3.70. The van der Waals surface area contributed by atoms with Gasteiger partial charge in [0, 0.05) is 36.2 Å². The first-order valence-corrected chi connectivity index (χ1v) is 26.2. The molecule has 0 spiro atoms. The first-order valence-electron chi connectivity index (χ1n) is 18.6. The molecule has 8 aromatic rings. The number of halogens is 1. The molecule has 3 heterocycles. The van der Waals surface area contributed by atoms with E-state index in [1.807, 2.05) is 37.4 Å². The Hall–Kier alpha value is -3.68. The van der Waals surface area contributed by atoms with Gasteiger partial charge in [-0.1, -0.05) is 67.3 Å². The molecule has 0 aliphatic rings. The van der Waals surface area contributed by atoms with Crippen molar-refractivity contribution in [1.82, 2.24) is 14.5 Å². The predicted octanol–water partition coefficient (Wildman–Crippen LogP) is 13.1. The fourth-order valence-corrected chi connectivity index (χ4v) is 11.6. The van der Waals surface area contributed by atoms with E-state index < -0.39 is 19.2 Å². The Bertz CT molecular complexity index is 2610. The minimum Gasteiger partial charge on any atom is 0 e. The number of benzene rings is 5. The minimum atomic E-state index is -2.10. The Balaban J connectivity index is 0.000000198. The molecule has 8 rings (SSSR count). The Morgan fingerprint density at radius 2 is 1.62 bits per heavy atom. The van der Waals surface area contributed by atoms with Crippen molar-refractivity contribution < 1.29 is 25.9 Å². The second-order valence-corrected chi connectivity index (χ2v) is 27.1. The summed E-state index contributed by atoms with van der Waals surface area (Å²) in [6, 6.07) is 37.3. The molecule has 0 bridgehead atoms. The van der Waals surface area contributed by atoms with Gasteiger partial charge in [0.2, 0.25) is 0 Å². The van der Waals surface area contributed by atoms with E-state index in [1.165, 1.54) is 58.6 Å². The third kappa shape index (κ3) is 7.66. The van der Waals surface area contributed by atoms with Crippen LogP contribution in [0.1, 0.15) is 71.9 Å². The smallest absolute Gasteiger partial charge is 0 e. The van der Waals surface area contributed by atoms with E-state index in [1.54, 1.807) is 6.07 Å². The number of aromatic nitrogens is 3. The van der Waals surface area contributed by atoms with E-state index in [0.717, 1.165) is 33.7 Å². The minimum absolute atomic E-state index is 0. The van der Waals surface area contributed by atoms with Crippen molar-refractivity contribution in [2.24, 2.45) is 0 Å². The van der Waals surface area contributed by atoms with Gasteiger partial charge in [-0.25, -0.2) is 0 Å². The average molecular weight is 958 g/mol. The largest absolute Gasteiger partial charge is 0 e. The SMILES string of the molecule is CC(C)c1ccc2c(c1)sc1c(-c3nc4c5ccccc5ccc4n3C(C)C)[c-]ccc12.[2H]C(C)(C)c1cc(-c2[c-]cc(F)cc2)nc[c]1[Ge]([CH3])([CH3])[CH3].[Ir]. The quantitative estimate of drug-likeness (QED) is 0.123. The monoisotopic (exact) mass is 959 g/mol. The van der Waals surface area contributed by atoms with Crippen LogP contribution in [0.4, 0.5) is 4.39 Å². The first-order chi connectivity index (χ1) is 25.1. The Morgan fingerprint density at radius 3 is 2.30 bits per heavy atom. The summed E-state index contributed by atoms with van der Waals surface area (Å²) in [4.78, 5) is 9.77. The number of hydrogen-bond acceptors (Lipinski definition) is 3. The third-order valence-corrected chi connectivity index (χ3v) is 15.2. The molecule has 0 atom stereocenters. The first kappa shape index (κ1) is 37.6. The fraction of sp³-hybridized carbons (Fsp3) is 0.261. The van der Waals surface area contributed by atoms with Crippen molar-refractivity contribution in [2.45, 2.75) is 76.7 Å². The van der Waals surface area contributed by atoms with E-state index in [4.69, 9.17) is 6.35 Å². The zero-order valence-electron chi connectivity index (χ0n) is 32.9. The third-order valence-electron chi connectivity index (χ3n) is 9.75. The van der Waals surface area contributed by atoms with Crippen LogP contribution in [0.5, 0.6) is 0 Å². The second-order valence-electron chi connectivity index (χ2n) is 15.4. The number of imidazole rings is 1. The van der Waals surface area contributed by atoms with Crippen molar-refractivity contribution in [2.75, 3.05) is 0 Å². The number of rotatable bonds is 6. The summed E-state index contributed by atoms with van der Waals surface area (Å²) in [7, 11) is 0. The summed E-state index contributed by atoms with van der Waals surface area (Å²) >= 11 is -0.233. The van der Waals surface area contributed by atoms with Gasteiger partial charge < -0.3 is 4.57 Å². The summed E-state index contributed by atoms with van der Waals surface area (Å²) < 4.78 is 27.7. The zero-order valence-corrected chi connectivity index (χ0v) is 37.2. The summed E-state index contributed by atoms with van der Waals surface area (Å²) in [5.74, 6) is 7.45. The number of hydrogen-bond donors (Lipinski definition) is 0. The van der Waals surface area contributed by atoms with Crippen LogP contribution in [0.3, 0.4) is 0 Å². The summed E-state index contributed by atoms with van der Waals surface area (Å²) in [6.45, 7) is 12.8. The molecular weight excluding hydrogens is 910 g/mol. The van der Waals surface area contributed by atoms with Gasteiger partial charge in [-0.2, -0.15) is 11.3 Å². The summed E-state index contributed by atoms with van der Waals surface area (Å²) in [6.07, 6.45) is 1.91. The molecule has 3 nitrogen and oxygen atoms in total. The van der Waals surface area contributed by atoms with Crippen LogP contribution in [-0.2, 0) is 20.1 Å². The standard InChI is InChI=1S/C29H25N2S.C17H21FGeN.Ir/c1-17(2)20-12-14-22-23-10-7-11-24(28(23)32-26(22)16-20)29-30-27-21-9-6-5-8-19(21)13-15-25(27)31(29)18(3)4;1-12(2)15-10-17(13-6-8-14(18)9-7-13)20-11-16(15)19(3,4)5;/h5-10,12-18H,1-4H3;6,8-12H,1-5H3;/q2*-1;/i;12D;. The Labute approximate surface area is 334 Å². The van der Waals surface area contributed by atoms with Crippen LogP contribution < -0.4 is 4.40 Å². The fourth-order valence-electron chi connectivity index (χ4n) is 6.99. The van der Waals surface area contributed by atoms with Crippen LogP contribution in [0.15, 0.2) is 97.2 Å². The number of nitrogens with zero attached hydrogens (tertiary/aromatic N) is 3. The van der Waals surface area contributed by atoms with Gasteiger partial charge in [0.25, 0.3) is 0 Å². The number of thiophene rings is 1. The normalized spacial score (nSPS) is 12.4. The second kappa shape index (κ2) is 15.6. The van der Waals surface area contributed by atoms with E-state index in [2.05, 4.69) is 133 Å². The van der Waals surface area contributed by atoms with Crippen molar-refractivity contribution in [3.8, 4) is 22.6 Å². The maximum absolute atomic E-state index is 13.0. The molecule has 1 radical (unpaired) electrons. The summed E-state index contributed by atoms with van der Waals surface area (Å²) in [5.41, 5.74) is 7.27. The van der Waals surface area contributed by atoms with Gasteiger partial charge in [0.15, 0.2) is 0 Å². The van der Waals surface area contributed by atoms with Gasteiger partial charge >= 0.3 is 125 Å². The van der Waals surface area contributed by atoms with Gasteiger partial charge in [-0.15, -0.1) is 18.2 Å². The molecule has 0 unspecified atom stereocenters. The van der Waals surface area contributed by atoms with Gasteiger partial charge in [-0.3, -0.25) is 4.98 Å². The predicted molar refractivity (Wildman–Crippen MR) is 224 cm³/mol. The van der Waals surface area contributed by atoms with Gasteiger partial charge in [-0.05, 0) is 52.9 Å². The van der Waals surface area contributed by atoms with Crippen LogP contribution in [0, 0.1) is 17.9 Å². The maximum atomic E-state index is 13.0. The van der Waals surface area contributed by atoms with Crippen molar-refractivity contribution in [3.05, 3.63) is 126 Å². The summed E-state index contributed by atoms with van der Waals surface area (Å²) in [5, 5.41) is 5.05. The zero-order chi connectivity index (χ0) is 37.8. The number of pyridine rings is 1. The molecule has 0 N–H and O–H groups in total. The molecule has 3 aromatic heterocycles. The molecule has 0 aliphatic carbocycles. The molecule has 0 aliphatic heterocycles. The molecule has 0 amide bonds. The molecule has 0 saturated carbocycles. The molecule has 0 saturated heterocycles.